The average molecular weight is 276 g/mol. The molecule has 106 valence electrons. The van der Waals surface area contributed by atoms with Crippen LogP contribution >= 0.6 is 12.2 Å². The zero-order valence-corrected chi connectivity index (χ0v) is 11.8. The van der Waals surface area contributed by atoms with E-state index in [1.165, 1.54) is 0 Å². The van der Waals surface area contributed by atoms with Crippen molar-refractivity contribution in [3.05, 3.63) is 0 Å². The van der Waals surface area contributed by atoms with Gasteiger partial charge < -0.3 is 26.0 Å². The van der Waals surface area contributed by atoms with Gasteiger partial charge in [-0.2, -0.15) is 0 Å². The van der Waals surface area contributed by atoms with Gasteiger partial charge in [0.05, 0.1) is 12.1 Å². The van der Waals surface area contributed by atoms with Crippen LogP contribution in [0.5, 0.6) is 0 Å². The molecule has 0 aromatic heterocycles. The molecule has 0 bridgehead atoms. The van der Waals surface area contributed by atoms with E-state index in [0.717, 1.165) is 19.4 Å². The van der Waals surface area contributed by atoms with Crippen LogP contribution in [-0.2, 0) is 0 Å². The van der Waals surface area contributed by atoms with E-state index in [4.69, 9.17) is 12.2 Å². The van der Waals surface area contributed by atoms with Gasteiger partial charge in [0.1, 0.15) is 12.2 Å². The third-order valence-corrected chi connectivity index (χ3v) is 3.72. The van der Waals surface area contributed by atoms with Gasteiger partial charge in [-0.1, -0.05) is 20.3 Å². The SMILES string of the molecule is CCCCNC(=S)N[C@@H]1C[C@@H](C)[C@@H](O)[C@@H](O)[C@@H]1O. The molecule has 1 aliphatic carbocycles. The summed E-state index contributed by atoms with van der Waals surface area (Å²) in [5.74, 6) is -0.0701. The number of nitrogens with one attached hydrogen (secondary N) is 2. The van der Waals surface area contributed by atoms with Gasteiger partial charge in [0.15, 0.2) is 5.11 Å². The molecule has 5 nitrogen and oxygen atoms in total. The molecule has 1 fully saturated rings. The molecule has 18 heavy (non-hydrogen) atoms. The third kappa shape index (κ3) is 4.05. The van der Waals surface area contributed by atoms with Gasteiger partial charge in [0, 0.05) is 6.54 Å². The first-order valence-electron chi connectivity index (χ1n) is 6.56. The Bertz CT molecular complexity index is 278. The molecule has 0 heterocycles. The Morgan fingerprint density at radius 2 is 1.89 bits per heavy atom. The van der Waals surface area contributed by atoms with Gasteiger partial charge >= 0.3 is 0 Å². The van der Waals surface area contributed by atoms with Crippen LogP contribution in [0.2, 0.25) is 0 Å². The molecular weight excluding hydrogens is 252 g/mol. The van der Waals surface area contributed by atoms with E-state index in [9.17, 15) is 15.3 Å². The summed E-state index contributed by atoms with van der Waals surface area (Å²) in [5.41, 5.74) is 0. The lowest BCUT2D eigenvalue weighted by atomic mass is 9.80. The highest BCUT2D eigenvalue weighted by molar-refractivity contribution is 7.80. The highest BCUT2D eigenvalue weighted by Gasteiger charge is 2.40. The largest absolute Gasteiger partial charge is 0.390 e. The van der Waals surface area contributed by atoms with Crippen molar-refractivity contribution < 1.29 is 15.3 Å². The van der Waals surface area contributed by atoms with Gasteiger partial charge in [-0.25, -0.2) is 0 Å². The summed E-state index contributed by atoms with van der Waals surface area (Å²) in [6, 6.07) is -0.319. The van der Waals surface area contributed by atoms with Crippen molar-refractivity contribution in [3.8, 4) is 0 Å². The lowest BCUT2D eigenvalue weighted by molar-refractivity contribution is -0.117. The highest BCUT2D eigenvalue weighted by Crippen LogP contribution is 2.25. The maximum atomic E-state index is 9.89. The minimum absolute atomic E-state index is 0.0701. The van der Waals surface area contributed by atoms with E-state index in [0.29, 0.717) is 11.5 Å². The average Bonchev–Trinajstić information content (AvgIpc) is 2.33. The maximum Gasteiger partial charge on any atom is 0.166 e. The van der Waals surface area contributed by atoms with Gasteiger partial charge in [-0.3, -0.25) is 0 Å². The zero-order valence-electron chi connectivity index (χ0n) is 11.0. The molecule has 6 heteroatoms. The summed E-state index contributed by atoms with van der Waals surface area (Å²) in [6.07, 6.45) is -0.294. The molecule has 0 saturated heterocycles. The molecule has 5 N–H and O–H groups in total. The molecule has 0 radical (unpaired) electrons. The van der Waals surface area contributed by atoms with Gasteiger partial charge in [0.25, 0.3) is 0 Å². The summed E-state index contributed by atoms with van der Waals surface area (Å²) in [5, 5.41) is 35.8. The molecule has 0 unspecified atom stereocenters. The smallest absolute Gasteiger partial charge is 0.166 e. The fourth-order valence-corrected chi connectivity index (χ4v) is 2.45. The Kier molecular flexibility index (Phi) is 6.28. The van der Waals surface area contributed by atoms with Crippen LogP contribution in [0.3, 0.4) is 0 Å². The first kappa shape index (κ1) is 15.6. The molecule has 0 aromatic carbocycles. The van der Waals surface area contributed by atoms with Crippen LogP contribution in [-0.4, -0.2) is 51.3 Å². The third-order valence-electron chi connectivity index (χ3n) is 3.45. The molecule has 0 aromatic rings. The van der Waals surface area contributed by atoms with Gasteiger partial charge in [-0.05, 0) is 31.0 Å². The van der Waals surface area contributed by atoms with Crippen LogP contribution in [0.15, 0.2) is 0 Å². The standard InChI is InChI=1S/C12H24N2O3S/c1-3-4-5-13-12(18)14-8-6-7(2)9(15)11(17)10(8)16/h7-11,15-17H,3-6H2,1-2H3,(H2,13,14,18)/t7-,8-,9-,10-,11-/m1/s1. The first-order valence-corrected chi connectivity index (χ1v) is 6.96. The Morgan fingerprint density at radius 1 is 1.22 bits per heavy atom. The van der Waals surface area contributed by atoms with Crippen molar-refractivity contribution in [3.63, 3.8) is 0 Å². The summed E-state index contributed by atoms with van der Waals surface area (Å²) >= 11 is 5.13. The molecule has 1 aliphatic rings. The van der Waals surface area contributed by atoms with Crippen LogP contribution in [0, 0.1) is 5.92 Å². The molecule has 0 aliphatic heterocycles. The monoisotopic (exact) mass is 276 g/mol. The summed E-state index contributed by atoms with van der Waals surface area (Å²) in [7, 11) is 0. The van der Waals surface area contributed by atoms with Gasteiger partial charge in [0.2, 0.25) is 0 Å². The van der Waals surface area contributed by atoms with Crippen molar-refractivity contribution in [1.82, 2.24) is 10.6 Å². The fourth-order valence-electron chi connectivity index (χ4n) is 2.20. The Balaban J connectivity index is 2.43. The Morgan fingerprint density at radius 3 is 2.50 bits per heavy atom. The molecule has 1 rings (SSSR count). The minimum atomic E-state index is -1.12. The molecule has 0 spiro atoms. The Hall–Kier alpha value is -0.430. The van der Waals surface area contributed by atoms with Crippen molar-refractivity contribution in [2.75, 3.05) is 6.54 Å². The van der Waals surface area contributed by atoms with Crippen LogP contribution in [0.4, 0.5) is 0 Å². The van der Waals surface area contributed by atoms with Crippen LogP contribution in [0.25, 0.3) is 0 Å². The number of unbranched alkanes of at least 4 members (excludes halogenated alkanes) is 1. The van der Waals surface area contributed by atoms with Crippen molar-refractivity contribution in [1.29, 1.82) is 0 Å². The number of hydrogen-bond acceptors (Lipinski definition) is 4. The number of rotatable bonds is 4. The van der Waals surface area contributed by atoms with Crippen molar-refractivity contribution in [2.24, 2.45) is 5.92 Å². The second kappa shape index (κ2) is 7.23. The van der Waals surface area contributed by atoms with E-state index < -0.39 is 18.3 Å². The minimum Gasteiger partial charge on any atom is -0.390 e. The van der Waals surface area contributed by atoms with E-state index in [1.807, 2.05) is 6.92 Å². The fraction of sp³-hybridized carbons (Fsp3) is 0.917. The second-order valence-corrected chi connectivity index (χ2v) is 5.45. The number of hydrogen-bond donors (Lipinski definition) is 5. The lowest BCUT2D eigenvalue weighted by Gasteiger charge is -2.39. The summed E-state index contributed by atoms with van der Waals surface area (Å²) < 4.78 is 0. The van der Waals surface area contributed by atoms with E-state index in [1.54, 1.807) is 0 Å². The number of thiocarbonyl (C=S) groups is 1. The predicted molar refractivity (Wildman–Crippen MR) is 74.2 cm³/mol. The van der Waals surface area contributed by atoms with Crippen molar-refractivity contribution >= 4 is 17.3 Å². The van der Waals surface area contributed by atoms with Crippen molar-refractivity contribution in [2.45, 2.75) is 57.5 Å². The van der Waals surface area contributed by atoms with E-state index in [2.05, 4.69) is 17.6 Å². The normalized spacial score (nSPS) is 36.2. The quantitative estimate of drug-likeness (QED) is 0.359. The number of aliphatic hydroxyl groups is 3. The Labute approximate surface area is 114 Å². The van der Waals surface area contributed by atoms with Crippen LogP contribution < -0.4 is 10.6 Å². The summed E-state index contributed by atoms with van der Waals surface area (Å²) in [6.45, 7) is 4.75. The maximum absolute atomic E-state index is 9.89. The molecule has 0 amide bonds. The molecular formula is C12H24N2O3S. The lowest BCUT2D eigenvalue weighted by Crippen LogP contribution is -2.59. The topological polar surface area (TPSA) is 84.8 Å². The van der Waals surface area contributed by atoms with Gasteiger partial charge in [-0.15, -0.1) is 0 Å². The number of aliphatic hydroxyl groups excluding tert-OH is 3. The summed E-state index contributed by atoms with van der Waals surface area (Å²) in [4.78, 5) is 0. The molecule has 5 atom stereocenters. The molecule has 1 saturated carbocycles. The van der Waals surface area contributed by atoms with Crippen LogP contribution in [0.1, 0.15) is 33.1 Å². The zero-order chi connectivity index (χ0) is 13.7. The first-order chi connectivity index (χ1) is 8.47. The van der Waals surface area contributed by atoms with E-state index in [-0.39, 0.29) is 12.0 Å². The van der Waals surface area contributed by atoms with E-state index >= 15 is 0 Å². The second-order valence-electron chi connectivity index (χ2n) is 5.05. The highest BCUT2D eigenvalue weighted by atomic mass is 32.1. The predicted octanol–water partition coefficient (Wildman–Crippen LogP) is -0.258.